The molecule has 3 heterocycles. The number of fused-ring (bicyclic) bond motifs is 1. The number of anilines is 1. The molecule has 0 bridgehead atoms. The van der Waals surface area contributed by atoms with Crippen LogP contribution in [0.2, 0.25) is 0 Å². The number of urea groups is 1. The van der Waals surface area contributed by atoms with E-state index in [9.17, 15) is 9.59 Å². The minimum atomic E-state index is -0.567. The number of ether oxygens (including phenoxy) is 1. The summed E-state index contributed by atoms with van der Waals surface area (Å²) in [5, 5.41) is 0. The Labute approximate surface area is 235 Å². The number of hydrogen-bond acceptors (Lipinski definition) is 5. The predicted molar refractivity (Wildman–Crippen MR) is 158 cm³/mol. The highest BCUT2D eigenvalue weighted by atomic mass is 16.6. The van der Waals surface area contributed by atoms with Gasteiger partial charge in [0.25, 0.3) is 0 Å². The summed E-state index contributed by atoms with van der Waals surface area (Å²) in [5.74, 6) is 1.30. The molecule has 40 heavy (non-hydrogen) atoms. The molecular weight excluding hydrogens is 502 g/mol. The van der Waals surface area contributed by atoms with Crippen LogP contribution in [0, 0.1) is 0 Å². The van der Waals surface area contributed by atoms with Gasteiger partial charge in [-0.1, -0.05) is 49.4 Å². The van der Waals surface area contributed by atoms with Gasteiger partial charge in [-0.25, -0.2) is 19.6 Å². The number of hydrogen-bond donors (Lipinski definition) is 0. The topological polar surface area (TPSA) is 80.6 Å². The van der Waals surface area contributed by atoms with Crippen molar-refractivity contribution < 1.29 is 14.3 Å². The average Bonchev–Trinajstić information content (AvgIpc) is 3.26. The van der Waals surface area contributed by atoms with Crippen LogP contribution in [0.3, 0.4) is 0 Å². The number of nitrogens with zero attached hydrogens (tertiary/aromatic N) is 5. The lowest BCUT2D eigenvalue weighted by Crippen LogP contribution is -2.47. The van der Waals surface area contributed by atoms with E-state index >= 15 is 0 Å². The Morgan fingerprint density at radius 3 is 2.45 bits per heavy atom. The van der Waals surface area contributed by atoms with Crippen molar-refractivity contribution in [2.75, 3.05) is 25.0 Å². The maximum absolute atomic E-state index is 12.9. The summed E-state index contributed by atoms with van der Waals surface area (Å²) in [6.07, 6.45) is 2.70. The quantitative estimate of drug-likeness (QED) is 0.257. The summed E-state index contributed by atoms with van der Waals surface area (Å²) in [6, 6.07) is 19.6. The van der Waals surface area contributed by atoms with Crippen LogP contribution in [0.25, 0.3) is 22.3 Å². The Kier molecular flexibility index (Phi) is 7.61. The molecule has 0 aliphatic carbocycles. The van der Waals surface area contributed by atoms with Crippen LogP contribution < -0.4 is 4.90 Å². The van der Waals surface area contributed by atoms with Gasteiger partial charge in [-0.2, -0.15) is 0 Å². The summed E-state index contributed by atoms with van der Waals surface area (Å²) < 4.78 is 7.80. The molecule has 4 aromatic rings. The highest BCUT2D eigenvalue weighted by Crippen LogP contribution is 2.28. The van der Waals surface area contributed by atoms with Crippen molar-refractivity contribution in [3.63, 3.8) is 0 Å². The van der Waals surface area contributed by atoms with Gasteiger partial charge < -0.3 is 14.2 Å². The number of imidazole rings is 1. The van der Waals surface area contributed by atoms with Gasteiger partial charge >= 0.3 is 12.0 Å². The highest BCUT2D eigenvalue weighted by molar-refractivity contribution is 5.97. The lowest BCUT2D eigenvalue weighted by molar-refractivity contribution is 0.00704. The van der Waals surface area contributed by atoms with Crippen molar-refractivity contribution in [3.8, 4) is 11.1 Å². The van der Waals surface area contributed by atoms with Crippen molar-refractivity contribution in [1.82, 2.24) is 19.4 Å². The SMILES string of the molecule is CCCc1nc2ccc(N3CCCN(C)C3=O)nc2n1Cc1ccc(-c2ccccc2C(=O)OC(C)(C)C)cc1. The van der Waals surface area contributed by atoms with Gasteiger partial charge in [0.05, 0.1) is 12.1 Å². The van der Waals surface area contributed by atoms with Crippen LogP contribution in [0.5, 0.6) is 0 Å². The fourth-order valence-electron chi connectivity index (χ4n) is 5.06. The third-order valence-corrected chi connectivity index (χ3v) is 6.99. The van der Waals surface area contributed by atoms with Crippen molar-refractivity contribution in [3.05, 3.63) is 77.6 Å². The lowest BCUT2D eigenvalue weighted by atomic mass is 9.98. The Morgan fingerprint density at radius 2 is 1.73 bits per heavy atom. The van der Waals surface area contributed by atoms with Crippen molar-refractivity contribution >= 4 is 29.0 Å². The monoisotopic (exact) mass is 539 g/mol. The molecule has 2 aromatic carbocycles. The minimum Gasteiger partial charge on any atom is -0.456 e. The summed E-state index contributed by atoms with van der Waals surface area (Å²) in [6.45, 7) is 9.77. The maximum Gasteiger partial charge on any atom is 0.339 e. The normalized spacial score (nSPS) is 14.2. The fourth-order valence-corrected chi connectivity index (χ4v) is 5.06. The highest BCUT2D eigenvalue weighted by Gasteiger charge is 2.26. The van der Waals surface area contributed by atoms with Crippen LogP contribution in [0.1, 0.15) is 62.3 Å². The van der Waals surface area contributed by atoms with Crippen LogP contribution >= 0.6 is 0 Å². The van der Waals surface area contributed by atoms with Gasteiger partial charge in [0.15, 0.2) is 5.65 Å². The molecule has 0 saturated carbocycles. The second-order valence-electron chi connectivity index (χ2n) is 11.3. The zero-order valence-electron chi connectivity index (χ0n) is 24.0. The largest absolute Gasteiger partial charge is 0.456 e. The number of aromatic nitrogens is 3. The first-order chi connectivity index (χ1) is 19.1. The van der Waals surface area contributed by atoms with Crippen LogP contribution in [-0.2, 0) is 17.7 Å². The molecule has 1 aliphatic heterocycles. The third-order valence-electron chi connectivity index (χ3n) is 6.99. The summed E-state index contributed by atoms with van der Waals surface area (Å²) >= 11 is 0. The van der Waals surface area contributed by atoms with E-state index in [-0.39, 0.29) is 12.0 Å². The van der Waals surface area contributed by atoms with Gasteiger partial charge in [0.2, 0.25) is 0 Å². The van der Waals surface area contributed by atoms with Crippen molar-refractivity contribution in [2.45, 2.75) is 59.1 Å². The Morgan fingerprint density at radius 1 is 0.975 bits per heavy atom. The number of amides is 2. The van der Waals surface area contributed by atoms with E-state index in [1.54, 1.807) is 15.9 Å². The molecule has 2 aromatic heterocycles. The van der Waals surface area contributed by atoms with E-state index in [0.717, 1.165) is 59.5 Å². The second-order valence-corrected chi connectivity index (χ2v) is 11.3. The zero-order valence-corrected chi connectivity index (χ0v) is 24.0. The van der Waals surface area contributed by atoms with E-state index in [1.165, 1.54) is 0 Å². The molecule has 5 rings (SSSR count). The van der Waals surface area contributed by atoms with Crippen LogP contribution in [0.4, 0.5) is 10.6 Å². The molecule has 0 atom stereocenters. The third kappa shape index (κ3) is 5.71. The number of aryl methyl sites for hydroxylation is 1. The lowest BCUT2D eigenvalue weighted by Gasteiger charge is -2.32. The number of rotatable bonds is 7. The number of benzene rings is 2. The number of carbonyl (C=O) groups excluding carboxylic acids is 2. The molecule has 1 aliphatic rings. The van der Waals surface area contributed by atoms with Gasteiger partial charge in [0, 0.05) is 26.6 Å². The molecule has 0 radical (unpaired) electrons. The fraction of sp³-hybridized carbons (Fsp3) is 0.375. The summed E-state index contributed by atoms with van der Waals surface area (Å²) in [7, 11) is 1.83. The Bertz CT molecular complexity index is 1530. The van der Waals surface area contributed by atoms with Crippen LogP contribution in [0.15, 0.2) is 60.7 Å². The zero-order chi connectivity index (χ0) is 28.4. The van der Waals surface area contributed by atoms with Gasteiger partial charge in [-0.3, -0.25) is 4.90 Å². The smallest absolute Gasteiger partial charge is 0.339 e. The first kappa shape index (κ1) is 27.4. The number of esters is 1. The first-order valence-corrected chi connectivity index (χ1v) is 13.9. The van der Waals surface area contributed by atoms with E-state index in [4.69, 9.17) is 14.7 Å². The standard InChI is InChI=1S/C32H37N5O3/c1-6-10-27-33-26-17-18-28(36-20-9-19-35(5)31(36)39)34-29(26)37(27)21-22-13-15-23(16-14-22)24-11-7-8-12-25(24)30(38)40-32(2,3)4/h7-8,11-18H,6,9-10,19-21H2,1-5H3. The second kappa shape index (κ2) is 11.1. The Hall–Kier alpha value is -4.20. The van der Waals surface area contributed by atoms with Crippen molar-refractivity contribution in [1.29, 1.82) is 0 Å². The van der Waals surface area contributed by atoms with E-state index < -0.39 is 5.60 Å². The van der Waals surface area contributed by atoms with Crippen molar-refractivity contribution in [2.24, 2.45) is 0 Å². The molecule has 0 unspecified atom stereocenters. The molecule has 8 heteroatoms. The van der Waals surface area contributed by atoms with Gasteiger partial charge in [-0.15, -0.1) is 0 Å². The maximum atomic E-state index is 12.9. The molecule has 1 fully saturated rings. The van der Waals surface area contributed by atoms with Crippen LogP contribution in [-0.4, -0.2) is 57.2 Å². The minimum absolute atomic E-state index is 0.0276. The average molecular weight is 540 g/mol. The van der Waals surface area contributed by atoms with E-state index in [1.807, 2.05) is 70.3 Å². The number of carbonyl (C=O) groups is 2. The van der Waals surface area contributed by atoms with E-state index in [0.29, 0.717) is 24.5 Å². The molecule has 208 valence electrons. The van der Waals surface area contributed by atoms with E-state index in [2.05, 4.69) is 23.6 Å². The first-order valence-electron chi connectivity index (χ1n) is 13.9. The molecule has 0 spiro atoms. The molecule has 8 nitrogen and oxygen atoms in total. The summed E-state index contributed by atoms with van der Waals surface area (Å²) in [5.41, 5.74) is 4.47. The molecule has 0 N–H and O–H groups in total. The molecular formula is C32H37N5O3. The Balaban J connectivity index is 1.45. The molecule has 1 saturated heterocycles. The van der Waals surface area contributed by atoms with Gasteiger partial charge in [-0.05, 0) is 68.5 Å². The van der Waals surface area contributed by atoms with Gasteiger partial charge in [0.1, 0.15) is 22.8 Å². The molecule has 2 amide bonds. The summed E-state index contributed by atoms with van der Waals surface area (Å²) in [4.78, 5) is 39.0. The number of pyridine rings is 1. The predicted octanol–water partition coefficient (Wildman–Crippen LogP) is 6.32.